The molecule has 0 aliphatic carbocycles. The molecule has 0 radical (unpaired) electrons. The molecule has 1 saturated heterocycles. The summed E-state index contributed by atoms with van der Waals surface area (Å²) in [6.45, 7) is 9.65. The summed E-state index contributed by atoms with van der Waals surface area (Å²) in [5, 5.41) is 0. The van der Waals surface area contributed by atoms with Crippen LogP contribution in [0.3, 0.4) is 0 Å². The van der Waals surface area contributed by atoms with Gasteiger partial charge in [-0.1, -0.05) is 35.9 Å². The smallest absolute Gasteiger partial charge is 0.253 e. The first kappa shape index (κ1) is 23.4. The van der Waals surface area contributed by atoms with Crippen LogP contribution in [0, 0.1) is 6.92 Å². The first-order chi connectivity index (χ1) is 14.7. The third kappa shape index (κ3) is 5.73. The van der Waals surface area contributed by atoms with Crippen molar-refractivity contribution in [3.05, 3.63) is 65.2 Å². The van der Waals surface area contributed by atoms with Gasteiger partial charge in [-0.2, -0.15) is 4.31 Å². The van der Waals surface area contributed by atoms with Gasteiger partial charge in [0.2, 0.25) is 10.0 Å². The topological polar surface area (TPSA) is 60.9 Å². The average Bonchev–Trinajstić information content (AvgIpc) is 3.00. The number of aryl methyl sites for hydroxylation is 1. The quantitative estimate of drug-likeness (QED) is 0.687. The second-order valence-electron chi connectivity index (χ2n) is 8.55. The molecule has 0 saturated carbocycles. The van der Waals surface area contributed by atoms with Crippen molar-refractivity contribution in [2.75, 3.05) is 33.2 Å². The van der Waals surface area contributed by atoms with Gasteiger partial charge < -0.3 is 4.90 Å². The molecule has 31 heavy (non-hydrogen) atoms. The summed E-state index contributed by atoms with van der Waals surface area (Å²) in [5.74, 6) is -0.110. The van der Waals surface area contributed by atoms with Gasteiger partial charge in [-0.3, -0.25) is 9.69 Å². The monoisotopic (exact) mass is 443 g/mol. The molecule has 6 nitrogen and oxygen atoms in total. The van der Waals surface area contributed by atoms with Crippen molar-refractivity contribution < 1.29 is 13.2 Å². The summed E-state index contributed by atoms with van der Waals surface area (Å²) in [6.07, 6.45) is 0.895. The van der Waals surface area contributed by atoms with E-state index < -0.39 is 10.0 Å². The van der Waals surface area contributed by atoms with Crippen molar-refractivity contribution in [2.45, 2.75) is 44.7 Å². The molecule has 1 heterocycles. The minimum atomic E-state index is -3.62. The van der Waals surface area contributed by atoms with E-state index in [0.717, 1.165) is 26.1 Å². The third-order valence-electron chi connectivity index (χ3n) is 5.89. The first-order valence-electron chi connectivity index (χ1n) is 10.8. The highest BCUT2D eigenvalue weighted by molar-refractivity contribution is 7.89. The lowest BCUT2D eigenvalue weighted by Crippen LogP contribution is -2.35. The van der Waals surface area contributed by atoms with Crippen LogP contribution in [0.15, 0.2) is 53.4 Å². The highest BCUT2D eigenvalue weighted by Gasteiger charge is 2.25. The van der Waals surface area contributed by atoms with E-state index in [0.29, 0.717) is 18.7 Å². The summed E-state index contributed by atoms with van der Waals surface area (Å²) in [5.41, 5.74) is 2.95. The Morgan fingerprint density at radius 2 is 1.74 bits per heavy atom. The number of nitrogens with zero attached hydrogens (tertiary/aromatic N) is 3. The summed E-state index contributed by atoms with van der Waals surface area (Å²) < 4.78 is 26.9. The van der Waals surface area contributed by atoms with Crippen molar-refractivity contribution in [3.63, 3.8) is 0 Å². The van der Waals surface area contributed by atoms with E-state index in [9.17, 15) is 13.2 Å². The Labute approximate surface area is 186 Å². The first-order valence-corrected chi connectivity index (χ1v) is 12.3. The predicted octanol–water partition coefficient (Wildman–Crippen LogP) is 3.37. The molecular weight excluding hydrogens is 410 g/mol. The van der Waals surface area contributed by atoms with Crippen molar-refractivity contribution in [1.29, 1.82) is 0 Å². The Bertz CT molecular complexity index is 1000. The minimum Gasteiger partial charge on any atom is -0.337 e. The molecule has 3 rings (SSSR count). The lowest BCUT2D eigenvalue weighted by molar-refractivity contribution is 0.0761. The second-order valence-corrected chi connectivity index (χ2v) is 10.5. The number of benzene rings is 2. The van der Waals surface area contributed by atoms with Gasteiger partial charge >= 0.3 is 0 Å². The van der Waals surface area contributed by atoms with Crippen molar-refractivity contribution in [2.24, 2.45) is 0 Å². The molecule has 7 heteroatoms. The van der Waals surface area contributed by atoms with E-state index >= 15 is 0 Å². The molecule has 1 amide bonds. The Kier molecular flexibility index (Phi) is 7.51. The van der Waals surface area contributed by atoms with Gasteiger partial charge in [-0.25, -0.2) is 8.42 Å². The zero-order chi connectivity index (χ0) is 22.6. The van der Waals surface area contributed by atoms with Crippen LogP contribution < -0.4 is 0 Å². The normalized spacial score (nSPS) is 16.0. The Morgan fingerprint density at radius 3 is 2.42 bits per heavy atom. The average molecular weight is 444 g/mol. The van der Waals surface area contributed by atoms with Gasteiger partial charge in [-0.15, -0.1) is 0 Å². The fourth-order valence-electron chi connectivity index (χ4n) is 3.70. The molecule has 0 aromatic heterocycles. The number of sulfonamides is 1. The summed E-state index contributed by atoms with van der Waals surface area (Å²) in [6, 6.07) is 14.8. The molecule has 1 aliphatic heterocycles. The van der Waals surface area contributed by atoms with Gasteiger partial charge in [0.05, 0.1) is 4.90 Å². The van der Waals surface area contributed by atoms with Gasteiger partial charge in [0.1, 0.15) is 0 Å². The van der Waals surface area contributed by atoms with E-state index in [1.54, 1.807) is 25.2 Å². The SMILES string of the molecule is Cc1ccc(CN2CCCN(C(=O)c3cccc(S(=O)(=O)N(C)C(C)C)c3)CC2)cc1. The number of carbonyl (C=O) groups excluding carboxylic acids is 1. The molecule has 2 aromatic carbocycles. The van der Waals surface area contributed by atoms with Crippen LogP contribution in [0.25, 0.3) is 0 Å². The van der Waals surface area contributed by atoms with Crippen molar-refractivity contribution in [1.82, 2.24) is 14.1 Å². The molecule has 1 aliphatic rings. The molecule has 0 unspecified atom stereocenters. The highest BCUT2D eigenvalue weighted by atomic mass is 32.2. The lowest BCUT2D eigenvalue weighted by atomic mass is 10.1. The van der Waals surface area contributed by atoms with Crippen molar-refractivity contribution >= 4 is 15.9 Å². The third-order valence-corrected chi connectivity index (χ3v) is 7.92. The summed E-state index contributed by atoms with van der Waals surface area (Å²) in [7, 11) is -2.06. The Balaban J connectivity index is 1.68. The largest absolute Gasteiger partial charge is 0.337 e. The number of hydrogen-bond acceptors (Lipinski definition) is 4. The van der Waals surface area contributed by atoms with E-state index in [-0.39, 0.29) is 16.8 Å². The highest BCUT2D eigenvalue weighted by Crippen LogP contribution is 2.19. The van der Waals surface area contributed by atoms with Crippen LogP contribution in [0.5, 0.6) is 0 Å². The van der Waals surface area contributed by atoms with E-state index in [4.69, 9.17) is 0 Å². The molecule has 2 aromatic rings. The zero-order valence-corrected chi connectivity index (χ0v) is 19.7. The van der Waals surface area contributed by atoms with Gasteiger partial charge in [0.25, 0.3) is 5.91 Å². The fraction of sp³-hybridized carbons (Fsp3) is 0.458. The van der Waals surface area contributed by atoms with E-state index in [1.165, 1.54) is 21.5 Å². The number of carbonyl (C=O) groups is 1. The van der Waals surface area contributed by atoms with Gasteiger partial charge in [0, 0.05) is 51.4 Å². The Hall–Kier alpha value is -2.22. The van der Waals surface area contributed by atoms with Crippen LogP contribution in [0.4, 0.5) is 0 Å². The van der Waals surface area contributed by atoms with Crippen LogP contribution in [0.1, 0.15) is 41.8 Å². The molecule has 0 spiro atoms. The lowest BCUT2D eigenvalue weighted by Gasteiger charge is -2.23. The minimum absolute atomic E-state index is 0.110. The summed E-state index contributed by atoms with van der Waals surface area (Å²) >= 11 is 0. The maximum Gasteiger partial charge on any atom is 0.253 e. The van der Waals surface area contributed by atoms with Crippen LogP contribution in [0.2, 0.25) is 0 Å². The second kappa shape index (κ2) is 9.94. The number of amides is 1. The Morgan fingerprint density at radius 1 is 1.03 bits per heavy atom. The van der Waals surface area contributed by atoms with Crippen LogP contribution >= 0.6 is 0 Å². The van der Waals surface area contributed by atoms with E-state index in [2.05, 4.69) is 36.1 Å². The van der Waals surface area contributed by atoms with E-state index in [1.807, 2.05) is 18.7 Å². The molecule has 0 atom stereocenters. The van der Waals surface area contributed by atoms with Gasteiger partial charge in [-0.05, 0) is 51.0 Å². The number of hydrogen-bond donors (Lipinski definition) is 0. The molecule has 0 bridgehead atoms. The predicted molar refractivity (Wildman–Crippen MR) is 124 cm³/mol. The maximum atomic E-state index is 13.1. The zero-order valence-electron chi connectivity index (χ0n) is 18.9. The van der Waals surface area contributed by atoms with Crippen molar-refractivity contribution in [3.8, 4) is 0 Å². The molecule has 168 valence electrons. The number of rotatable bonds is 6. The van der Waals surface area contributed by atoms with Crippen LogP contribution in [-0.2, 0) is 16.6 Å². The maximum absolute atomic E-state index is 13.1. The molecule has 0 N–H and O–H groups in total. The van der Waals surface area contributed by atoms with Gasteiger partial charge in [0.15, 0.2) is 0 Å². The standard InChI is InChI=1S/C24H33N3O3S/c1-19(2)25(4)31(29,30)23-8-5-7-22(17-23)24(28)27-14-6-13-26(15-16-27)18-21-11-9-20(3)10-12-21/h5,7-12,17,19H,6,13-16,18H2,1-4H3. The summed E-state index contributed by atoms with van der Waals surface area (Å²) in [4.78, 5) is 17.5. The van der Waals surface area contributed by atoms with Crippen LogP contribution in [-0.4, -0.2) is 67.7 Å². The molecular formula is C24H33N3O3S. The molecule has 1 fully saturated rings. The fourth-order valence-corrected chi connectivity index (χ4v) is 5.11.